The number of likely N-dealkylation sites (N-methyl/N-ethyl adjacent to an activating group) is 1. The van der Waals surface area contributed by atoms with Crippen LogP contribution >= 0.6 is 0 Å². The topological polar surface area (TPSA) is 61.8 Å². The van der Waals surface area contributed by atoms with E-state index in [1.54, 1.807) is 20.9 Å². The lowest BCUT2D eigenvalue weighted by atomic mass is 10.1. The number of hydrogen-bond acceptors (Lipinski definition) is 3. The van der Waals surface area contributed by atoms with Crippen molar-refractivity contribution in [1.29, 1.82) is 0 Å². The number of aliphatic hydroxyl groups is 1. The lowest BCUT2D eigenvalue weighted by Crippen LogP contribution is -2.48. The molecule has 1 atom stereocenters. The molecular weight excluding hydrogens is 232 g/mol. The fraction of sp³-hybridized carbons (Fsp3) is 0.923. The van der Waals surface area contributed by atoms with Crippen LogP contribution in [0.3, 0.4) is 0 Å². The van der Waals surface area contributed by atoms with Gasteiger partial charge in [-0.3, -0.25) is 0 Å². The standard InChI is InChI=1S/C13H28N2O3/c1-10(2)7-18-8-11(3)14-12(16)15(6)9-13(4,5)17/h10-11,17H,7-9H2,1-6H3,(H,14,16). The molecule has 0 spiro atoms. The summed E-state index contributed by atoms with van der Waals surface area (Å²) in [5, 5.41) is 12.5. The summed E-state index contributed by atoms with van der Waals surface area (Å²) in [6.45, 7) is 10.9. The third-order valence-electron chi connectivity index (χ3n) is 2.16. The Morgan fingerprint density at radius 1 is 1.33 bits per heavy atom. The molecular formula is C13H28N2O3. The highest BCUT2D eigenvalue weighted by atomic mass is 16.5. The molecule has 5 nitrogen and oxygen atoms in total. The van der Waals surface area contributed by atoms with Gasteiger partial charge in [-0.25, -0.2) is 4.79 Å². The monoisotopic (exact) mass is 260 g/mol. The van der Waals surface area contributed by atoms with E-state index in [2.05, 4.69) is 19.2 Å². The third-order valence-corrected chi connectivity index (χ3v) is 2.16. The van der Waals surface area contributed by atoms with E-state index in [9.17, 15) is 9.90 Å². The van der Waals surface area contributed by atoms with Gasteiger partial charge < -0.3 is 20.1 Å². The molecule has 108 valence electrons. The molecule has 0 aliphatic rings. The zero-order valence-corrected chi connectivity index (χ0v) is 12.5. The summed E-state index contributed by atoms with van der Waals surface area (Å²) < 4.78 is 5.46. The summed E-state index contributed by atoms with van der Waals surface area (Å²) >= 11 is 0. The molecule has 2 amide bonds. The molecule has 18 heavy (non-hydrogen) atoms. The number of urea groups is 1. The van der Waals surface area contributed by atoms with Crippen molar-refractivity contribution in [3.8, 4) is 0 Å². The van der Waals surface area contributed by atoms with Gasteiger partial charge in [0.2, 0.25) is 0 Å². The Kier molecular flexibility index (Phi) is 7.25. The lowest BCUT2D eigenvalue weighted by Gasteiger charge is -2.27. The maximum atomic E-state index is 11.8. The van der Waals surface area contributed by atoms with Crippen molar-refractivity contribution in [1.82, 2.24) is 10.2 Å². The molecule has 0 bridgehead atoms. The Labute approximate surface area is 110 Å². The number of amides is 2. The second-order valence-corrected chi connectivity index (χ2v) is 5.95. The normalized spacial score (nSPS) is 13.6. The predicted molar refractivity (Wildman–Crippen MR) is 72.6 cm³/mol. The molecule has 0 fully saturated rings. The molecule has 0 heterocycles. The molecule has 0 saturated carbocycles. The van der Waals surface area contributed by atoms with Gasteiger partial charge in [-0.05, 0) is 26.7 Å². The van der Waals surface area contributed by atoms with Gasteiger partial charge in [0.1, 0.15) is 0 Å². The summed E-state index contributed by atoms with van der Waals surface area (Å²) in [6.07, 6.45) is 0. The fourth-order valence-corrected chi connectivity index (χ4v) is 1.50. The van der Waals surface area contributed by atoms with Crippen molar-refractivity contribution >= 4 is 6.03 Å². The van der Waals surface area contributed by atoms with E-state index in [1.165, 1.54) is 4.90 Å². The second-order valence-electron chi connectivity index (χ2n) is 5.95. The number of nitrogens with one attached hydrogen (secondary N) is 1. The van der Waals surface area contributed by atoms with Gasteiger partial charge in [0.15, 0.2) is 0 Å². The van der Waals surface area contributed by atoms with E-state index in [-0.39, 0.29) is 12.1 Å². The average Bonchev–Trinajstić information content (AvgIpc) is 2.13. The summed E-state index contributed by atoms with van der Waals surface area (Å²) in [7, 11) is 1.66. The summed E-state index contributed by atoms with van der Waals surface area (Å²) in [5.41, 5.74) is -0.885. The first-order valence-corrected chi connectivity index (χ1v) is 6.43. The van der Waals surface area contributed by atoms with Crippen LogP contribution in [0.2, 0.25) is 0 Å². The van der Waals surface area contributed by atoms with Crippen LogP contribution in [0.25, 0.3) is 0 Å². The van der Waals surface area contributed by atoms with Crippen LogP contribution in [0.1, 0.15) is 34.6 Å². The van der Waals surface area contributed by atoms with Crippen molar-refractivity contribution in [2.45, 2.75) is 46.3 Å². The van der Waals surface area contributed by atoms with Crippen LogP contribution in [0.15, 0.2) is 0 Å². The highest BCUT2D eigenvalue weighted by Crippen LogP contribution is 2.03. The fourth-order valence-electron chi connectivity index (χ4n) is 1.50. The van der Waals surface area contributed by atoms with E-state index >= 15 is 0 Å². The zero-order valence-electron chi connectivity index (χ0n) is 12.5. The predicted octanol–water partition coefficient (Wildman–Crippen LogP) is 1.46. The largest absolute Gasteiger partial charge is 0.389 e. The summed E-state index contributed by atoms with van der Waals surface area (Å²) in [4.78, 5) is 13.2. The van der Waals surface area contributed by atoms with Gasteiger partial charge in [0.25, 0.3) is 0 Å². The van der Waals surface area contributed by atoms with Crippen LogP contribution in [0, 0.1) is 5.92 Å². The second kappa shape index (κ2) is 7.59. The van der Waals surface area contributed by atoms with Gasteiger partial charge in [-0.1, -0.05) is 13.8 Å². The van der Waals surface area contributed by atoms with Gasteiger partial charge in [-0.15, -0.1) is 0 Å². The highest BCUT2D eigenvalue weighted by Gasteiger charge is 2.20. The van der Waals surface area contributed by atoms with Gasteiger partial charge >= 0.3 is 6.03 Å². The molecule has 1 unspecified atom stereocenters. The van der Waals surface area contributed by atoms with Crippen LogP contribution in [-0.4, -0.2) is 54.5 Å². The van der Waals surface area contributed by atoms with Crippen molar-refractivity contribution in [2.75, 3.05) is 26.8 Å². The molecule has 0 aromatic carbocycles. The van der Waals surface area contributed by atoms with Gasteiger partial charge in [0, 0.05) is 13.7 Å². The van der Waals surface area contributed by atoms with Crippen molar-refractivity contribution in [2.24, 2.45) is 5.92 Å². The third kappa shape index (κ3) is 9.24. The number of carbonyl (C=O) groups excluding carboxylic acids is 1. The minimum atomic E-state index is -0.885. The smallest absolute Gasteiger partial charge is 0.317 e. The van der Waals surface area contributed by atoms with Gasteiger partial charge in [0.05, 0.1) is 24.8 Å². The van der Waals surface area contributed by atoms with E-state index in [4.69, 9.17) is 4.74 Å². The van der Waals surface area contributed by atoms with E-state index in [1.807, 2.05) is 6.92 Å². The van der Waals surface area contributed by atoms with Crippen molar-refractivity contribution < 1.29 is 14.6 Å². The van der Waals surface area contributed by atoms with Crippen LogP contribution in [0.5, 0.6) is 0 Å². The Morgan fingerprint density at radius 2 is 1.89 bits per heavy atom. The molecule has 5 heteroatoms. The van der Waals surface area contributed by atoms with Crippen molar-refractivity contribution in [3.05, 3.63) is 0 Å². The number of rotatable bonds is 7. The average molecular weight is 260 g/mol. The molecule has 0 aromatic rings. The first-order valence-electron chi connectivity index (χ1n) is 6.43. The minimum Gasteiger partial charge on any atom is -0.389 e. The van der Waals surface area contributed by atoms with Crippen LogP contribution in [-0.2, 0) is 4.74 Å². The molecule has 2 N–H and O–H groups in total. The van der Waals surface area contributed by atoms with Crippen molar-refractivity contribution in [3.63, 3.8) is 0 Å². The molecule has 0 radical (unpaired) electrons. The molecule has 0 rings (SSSR count). The summed E-state index contributed by atoms with van der Waals surface area (Å²) in [5.74, 6) is 0.491. The van der Waals surface area contributed by atoms with E-state index in [0.717, 1.165) is 0 Å². The minimum absolute atomic E-state index is 0.0412. The zero-order chi connectivity index (χ0) is 14.3. The van der Waals surface area contributed by atoms with E-state index < -0.39 is 5.60 Å². The Bertz CT molecular complexity index is 249. The Balaban J connectivity index is 3.92. The molecule has 0 aliphatic heterocycles. The quantitative estimate of drug-likeness (QED) is 0.728. The molecule has 0 aromatic heterocycles. The number of carbonyl (C=O) groups is 1. The Morgan fingerprint density at radius 3 is 2.33 bits per heavy atom. The lowest BCUT2D eigenvalue weighted by molar-refractivity contribution is 0.0512. The SMILES string of the molecule is CC(C)COCC(C)NC(=O)N(C)CC(C)(C)O. The maximum absolute atomic E-state index is 11.8. The Hall–Kier alpha value is -0.810. The van der Waals surface area contributed by atoms with E-state index in [0.29, 0.717) is 25.7 Å². The first-order chi connectivity index (χ1) is 8.11. The summed E-state index contributed by atoms with van der Waals surface area (Å²) in [6, 6.07) is -0.238. The first kappa shape index (κ1) is 17.2. The molecule has 0 aliphatic carbocycles. The molecule has 0 saturated heterocycles. The van der Waals surface area contributed by atoms with Crippen LogP contribution < -0.4 is 5.32 Å². The maximum Gasteiger partial charge on any atom is 0.317 e. The number of hydrogen-bond donors (Lipinski definition) is 2. The number of ether oxygens (including phenoxy) is 1. The van der Waals surface area contributed by atoms with Crippen LogP contribution in [0.4, 0.5) is 4.79 Å². The highest BCUT2D eigenvalue weighted by molar-refractivity contribution is 5.74. The van der Waals surface area contributed by atoms with Gasteiger partial charge in [-0.2, -0.15) is 0 Å². The number of nitrogens with zero attached hydrogens (tertiary/aromatic N) is 1.